The average Bonchev–Trinajstić information content (AvgIpc) is 3.24. The van der Waals surface area contributed by atoms with Gasteiger partial charge in [-0.05, 0) is 17.2 Å². The summed E-state index contributed by atoms with van der Waals surface area (Å²) >= 11 is 0. The number of hydrogen-bond donors (Lipinski definition) is 0. The lowest BCUT2D eigenvalue weighted by Gasteiger charge is -2.26. The minimum atomic E-state index is -5.46. The van der Waals surface area contributed by atoms with Crippen LogP contribution in [0.15, 0.2) is 67.3 Å². The average molecular weight is 480 g/mol. The van der Waals surface area contributed by atoms with Crippen LogP contribution in [0.2, 0.25) is 0 Å². The largest absolute Gasteiger partial charge is 0.573 e. The maximum absolute atomic E-state index is 14.1. The smallest absolute Gasteiger partial charge is 0.403 e. The topological polar surface area (TPSA) is 59.7 Å². The number of benzene rings is 2. The molecule has 34 heavy (non-hydrogen) atoms. The zero-order chi connectivity index (χ0) is 24.7. The van der Waals surface area contributed by atoms with Crippen LogP contribution in [-0.4, -0.2) is 33.7 Å². The molecule has 0 aliphatic heterocycles. The van der Waals surface area contributed by atoms with Crippen LogP contribution in [-0.2, 0) is 6.18 Å². The summed E-state index contributed by atoms with van der Waals surface area (Å²) < 4.78 is 87.3. The van der Waals surface area contributed by atoms with E-state index in [1.807, 2.05) is 0 Å². The molecule has 2 aromatic heterocycles. The van der Waals surface area contributed by atoms with Gasteiger partial charge >= 0.3 is 12.5 Å². The molecule has 12 heteroatoms. The molecule has 4 aromatic rings. The third kappa shape index (κ3) is 4.51. The van der Waals surface area contributed by atoms with Crippen LogP contribution >= 0.6 is 0 Å². The maximum atomic E-state index is 14.1. The number of imidazole rings is 1. The van der Waals surface area contributed by atoms with Crippen LogP contribution in [0, 0.1) is 0 Å². The molecule has 0 fully saturated rings. The molecule has 0 unspecified atom stereocenters. The quantitative estimate of drug-likeness (QED) is 0.358. The summed E-state index contributed by atoms with van der Waals surface area (Å²) in [6.07, 6.45) is -5.26. The Morgan fingerprint density at radius 3 is 2.35 bits per heavy atom. The molecule has 0 aliphatic rings. The Labute approximate surface area is 188 Å². The van der Waals surface area contributed by atoms with Gasteiger partial charge in [-0.3, -0.25) is 4.79 Å². The van der Waals surface area contributed by atoms with Gasteiger partial charge in [-0.1, -0.05) is 36.4 Å². The monoisotopic (exact) mass is 480 g/mol. The summed E-state index contributed by atoms with van der Waals surface area (Å²) in [5.41, 5.74) is -2.74. The van der Waals surface area contributed by atoms with E-state index in [4.69, 9.17) is 0 Å². The number of nitrogens with zero attached hydrogens (tertiary/aromatic N) is 4. The summed E-state index contributed by atoms with van der Waals surface area (Å²) in [6, 6.07) is 9.04. The van der Waals surface area contributed by atoms with Crippen molar-refractivity contribution in [2.24, 2.45) is 0 Å². The number of rotatable bonds is 4. The Balaban J connectivity index is 1.89. The number of anilines is 1. The number of aromatic nitrogens is 3. The second-order valence-corrected chi connectivity index (χ2v) is 7.08. The van der Waals surface area contributed by atoms with Crippen molar-refractivity contribution in [1.29, 1.82) is 0 Å². The molecule has 0 saturated heterocycles. The summed E-state index contributed by atoms with van der Waals surface area (Å²) in [4.78, 5) is 21.4. The number of amides is 1. The third-order valence-corrected chi connectivity index (χ3v) is 4.89. The van der Waals surface area contributed by atoms with Crippen LogP contribution in [0.25, 0.3) is 16.8 Å². The van der Waals surface area contributed by atoms with Gasteiger partial charge in [0.2, 0.25) is 0 Å². The van der Waals surface area contributed by atoms with Crippen LogP contribution in [0.5, 0.6) is 5.75 Å². The molecule has 0 aliphatic carbocycles. The highest BCUT2D eigenvalue weighted by Crippen LogP contribution is 2.48. The zero-order valence-corrected chi connectivity index (χ0v) is 17.2. The van der Waals surface area contributed by atoms with Gasteiger partial charge < -0.3 is 14.0 Å². The fourth-order valence-electron chi connectivity index (χ4n) is 3.41. The number of carbonyl (C=O) groups is 1. The molecule has 0 saturated carbocycles. The first kappa shape index (κ1) is 23.1. The van der Waals surface area contributed by atoms with Crippen molar-refractivity contribution >= 4 is 17.2 Å². The first-order chi connectivity index (χ1) is 16.0. The van der Waals surface area contributed by atoms with Crippen molar-refractivity contribution in [2.45, 2.75) is 12.5 Å². The standard InChI is InChI=1S/C22H14F6N4O2/c1-31(20(33)15-12-32-10-9-29-17(32)11-30-15)16-8-7-14(13-5-3-2-4-6-13)18(21(23,24)25)19(16)34-22(26,27)28/h2-12H,1H3. The number of alkyl halides is 6. The van der Waals surface area contributed by atoms with Gasteiger partial charge in [-0.2, -0.15) is 13.2 Å². The van der Waals surface area contributed by atoms with E-state index in [9.17, 15) is 31.1 Å². The summed E-state index contributed by atoms with van der Waals surface area (Å²) in [5, 5.41) is 0. The van der Waals surface area contributed by atoms with Crippen molar-refractivity contribution in [3.05, 3.63) is 78.5 Å². The molecule has 6 nitrogen and oxygen atoms in total. The molecule has 176 valence electrons. The molecular formula is C22H14F6N4O2. The molecule has 2 heterocycles. The van der Waals surface area contributed by atoms with Crippen molar-refractivity contribution in [3.8, 4) is 16.9 Å². The van der Waals surface area contributed by atoms with E-state index in [2.05, 4.69) is 14.7 Å². The summed E-state index contributed by atoms with van der Waals surface area (Å²) in [5.74, 6) is -2.50. The predicted octanol–water partition coefficient (Wildman–Crippen LogP) is 5.59. The first-order valence-electron chi connectivity index (χ1n) is 9.58. The fraction of sp³-hybridized carbons (Fsp3) is 0.136. The lowest BCUT2D eigenvalue weighted by molar-refractivity contribution is -0.276. The second-order valence-electron chi connectivity index (χ2n) is 7.08. The second kappa shape index (κ2) is 8.36. The van der Waals surface area contributed by atoms with Gasteiger partial charge in [0.25, 0.3) is 5.91 Å². The molecule has 0 radical (unpaired) electrons. The van der Waals surface area contributed by atoms with Gasteiger partial charge in [0.15, 0.2) is 11.4 Å². The van der Waals surface area contributed by atoms with Crippen molar-refractivity contribution < 1.29 is 35.9 Å². The molecule has 0 atom stereocenters. The van der Waals surface area contributed by atoms with E-state index in [-0.39, 0.29) is 11.3 Å². The zero-order valence-electron chi connectivity index (χ0n) is 17.2. The van der Waals surface area contributed by atoms with Crippen molar-refractivity contribution in [3.63, 3.8) is 0 Å². The van der Waals surface area contributed by atoms with Crippen molar-refractivity contribution in [2.75, 3.05) is 11.9 Å². The highest BCUT2D eigenvalue weighted by molar-refractivity contribution is 6.05. The van der Waals surface area contributed by atoms with Gasteiger partial charge in [-0.15, -0.1) is 13.2 Å². The van der Waals surface area contributed by atoms with Crippen LogP contribution in [0.1, 0.15) is 16.1 Å². The number of fused-ring (bicyclic) bond motifs is 1. The molecule has 2 aromatic carbocycles. The number of hydrogen-bond acceptors (Lipinski definition) is 4. The van der Waals surface area contributed by atoms with Crippen molar-refractivity contribution in [1.82, 2.24) is 14.4 Å². The SMILES string of the molecule is CN(C(=O)c1cn2ccnc2cn1)c1ccc(-c2ccccc2)c(C(F)(F)F)c1OC(F)(F)F. The third-order valence-electron chi connectivity index (χ3n) is 4.89. The van der Waals surface area contributed by atoms with Crippen LogP contribution in [0.3, 0.4) is 0 Å². The Kier molecular flexibility index (Phi) is 5.67. The van der Waals surface area contributed by atoms with E-state index in [1.165, 1.54) is 53.5 Å². The minimum absolute atomic E-state index is 0.0228. The van der Waals surface area contributed by atoms with E-state index in [0.29, 0.717) is 10.5 Å². The predicted molar refractivity (Wildman–Crippen MR) is 109 cm³/mol. The molecule has 0 spiro atoms. The highest BCUT2D eigenvalue weighted by atomic mass is 19.4. The lowest BCUT2D eigenvalue weighted by Crippen LogP contribution is -2.30. The van der Waals surface area contributed by atoms with E-state index in [0.717, 1.165) is 19.2 Å². The van der Waals surface area contributed by atoms with E-state index >= 15 is 0 Å². The Hall–Kier alpha value is -4.09. The fourth-order valence-corrected chi connectivity index (χ4v) is 3.41. The van der Waals surface area contributed by atoms with Crippen LogP contribution < -0.4 is 9.64 Å². The number of ether oxygens (including phenoxy) is 1. The minimum Gasteiger partial charge on any atom is -0.403 e. The van der Waals surface area contributed by atoms with Gasteiger partial charge in [-0.25, -0.2) is 9.97 Å². The Bertz CT molecular complexity index is 1350. The van der Waals surface area contributed by atoms with Gasteiger partial charge in [0, 0.05) is 25.6 Å². The number of halogens is 6. The van der Waals surface area contributed by atoms with Crippen LogP contribution in [0.4, 0.5) is 32.0 Å². The highest BCUT2D eigenvalue weighted by Gasteiger charge is 2.44. The summed E-state index contributed by atoms with van der Waals surface area (Å²) in [6.45, 7) is 0. The lowest BCUT2D eigenvalue weighted by atomic mass is 9.97. The van der Waals surface area contributed by atoms with E-state index in [1.54, 1.807) is 6.07 Å². The maximum Gasteiger partial charge on any atom is 0.573 e. The molecule has 0 N–H and O–H groups in total. The van der Waals surface area contributed by atoms with Gasteiger partial charge in [0.1, 0.15) is 11.3 Å². The van der Waals surface area contributed by atoms with Gasteiger partial charge in [0.05, 0.1) is 11.9 Å². The Morgan fingerprint density at radius 2 is 1.71 bits per heavy atom. The first-order valence-corrected chi connectivity index (χ1v) is 9.58. The molecule has 1 amide bonds. The summed E-state index contributed by atoms with van der Waals surface area (Å²) in [7, 11) is 1.03. The molecule has 4 rings (SSSR count). The molecule has 0 bridgehead atoms. The van der Waals surface area contributed by atoms with E-state index < -0.39 is 41.0 Å². The normalized spacial score (nSPS) is 12.1. The Morgan fingerprint density at radius 1 is 1.00 bits per heavy atom. The molecular weight excluding hydrogens is 466 g/mol. The number of carbonyl (C=O) groups excluding carboxylic acids is 1.